The molecule has 7 nitrogen and oxygen atoms in total. The van der Waals surface area contributed by atoms with Gasteiger partial charge in [0, 0.05) is 24.6 Å². The monoisotopic (exact) mass is 585 g/mol. The van der Waals surface area contributed by atoms with E-state index in [0.717, 1.165) is 24.4 Å². The number of benzene rings is 4. The van der Waals surface area contributed by atoms with Gasteiger partial charge in [0.15, 0.2) is 0 Å². The van der Waals surface area contributed by atoms with Crippen LogP contribution in [0.2, 0.25) is 0 Å². The lowest BCUT2D eigenvalue weighted by molar-refractivity contribution is -0.122. The van der Waals surface area contributed by atoms with Crippen LogP contribution in [0.15, 0.2) is 101 Å². The van der Waals surface area contributed by atoms with Crippen LogP contribution >= 0.6 is 0 Å². The third kappa shape index (κ3) is 8.74. The van der Waals surface area contributed by atoms with Gasteiger partial charge < -0.3 is 10.1 Å². The number of carbonyl (C=O) groups is 1. The molecular weight excluding hydrogens is 546 g/mol. The number of nitrogens with one attached hydrogen (secondary N) is 1. The molecule has 42 heavy (non-hydrogen) atoms. The SMILES string of the molecule is CCN(Cc1ccc2c(c1)OCCC2NC(=O)CC(N=S(=O)=O)c1ccccc1)C(C)C.c1ccc2ccccc2c1. The van der Waals surface area contributed by atoms with E-state index in [4.69, 9.17) is 4.74 Å². The van der Waals surface area contributed by atoms with Crippen molar-refractivity contribution in [3.05, 3.63) is 114 Å². The molecule has 8 heteroatoms. The average Bonchev–Trinajstić information content (AvgIpc) is 3.00. The number of hydrogen-bond donors (Lipinski definition) is 1. The average molecular weight is 586 g/mol. The maximum Gasteiger partial charge on any atom is 0.311 e. The normalized spacial score (nSPS) is 14.7. The number of nitrogens with zero attached hydrogens (tertiary/aromatic N) is 2. The van der Waals surface area contributed by atoms with Gasteiger partial charge in [-0.3, -0.25) is 9.69 Å². The molecule has 0 radical (unpaired) electrons. The van der Waals surface area contributed by atoms with Crippen LogP contribution in [-0.2, 0) is 21.8 Å². The van der Waals surface area contributed by atoms with Gasteiger partial charge in [-0.05, 0) is 48.4 Å². The molecule has 0 bridgehead atoms. The maximum atomic E-state index is 12.8. The Hall–Kier alpha value is -4.01. The predicted molar refractivity (Wildman–Crippen MR) is 168 cm³/mol. The highest BCUT2D eigenvalue weighted by molar-refractivity contribution is 7.61. The Bertz CT molecular complexity index is 1530. The Kier molecular flexibility index (Phi) is 11.3. The fourth-order valence-electron chi connectivity index (χ4n) is 5.13. The zero-order chi connectivity index (χ0) is 29.9. The molecule has 0 aromatic heterocycles. The number of fused-ring (bicyclic) bond motifs is 2. The number of amides is 1. The Balaban J connectivity index is 0.000000337. The standard InChI is InChI=1S/C24H31N3O4S.C10H8/c1-4-27(17(2)3)16-18-10-11-20-21(12-13-31-23(20)14-18)25-24(28)15-22(26-32(29)30)19-8-6-5-7-9-19;1-2-6-10-8-4-3-7-9(10)5-1/h5-11,14,17,21-22H,4,12-13,15-16H2,1-3H3,(H,25,28);1-8H. The number of carbonyl (C=O) groups excluding carboxylic acids is 1. The van der Waals surface area contributed by atoms with Crippen molar-refractivity contribution in [2.75, 3.05) is 13.2 Å². The topological polar surface area (TPSA) is 88.1 Å². The second kappa shape index (κ2) is 15.3. The van der Waals surface area contributed by atoms with Crippen molar-refractivity contribution < 1.29 is 17.9 Å². The lowest BCUT2D eigenvalue weighted by Crippen LogP contribution is -2.33. The highest BCUT2D eigenvalue weighted by Crippen LogP contribution is 2.34. The van der Waals surface area contributed by atoms with Crippen molar-refractivity contribution in [3.63, 3.8) is 0 Å². The summed E-state index contributed by atoms with van der Waals surface area (Å²) >= 11 is 0. The summed E-state index contributed by atoms with van der Waals surface area (Å²) in [4.78, 5) is 15.2. The van der Waals surface area contributed by atoms with Crippen LogP contribution in [0.3, 0.4) is 0 Å². The van der Waals surface area contributed by atoms with E-state index in [1.807, 2.05) is 12.1 Å². The molecule has 4 aromatic carbocycles. The van der Waals surface area contributed by atoms with E-state index in [1.54, 1.807) is 24.3 Å². The first-order valence-electron chi connectivity index (χ1n) is 14.4. The molecule has 0 aliphatic carbocycles. The first-order valence-corrected chi connectivity index (χ1v) is 15.4. The van der Waals surface area contributed by atoms with E-state index < -0.39 is 16.5 Å². The van der Waals surface area contributed by atoms with E-state index in [-0.39, 0.29) is 18.4 Å². The molecule has 0 fully saturated rings. The minimum atomic E-state index is -2.60. The van der Waals surface area contributed by atoms with E-state index >= 15 is 0 Å². The molecule has 1 heterocycles. The number of hydrogen-bond acceptors (Lipinski definition) is 6. The molecule has 1 aliphatic heterocycles. The summed E-state index contributed by atoms with van der Waals surface area (Å²) in [5, 5.41) is 5.67. The summed E-state index contributed by atoms with van der Waals surface area (Å²) in [7, 11) is -2.60. The number of ether oxygens (including phenoxy) is 1. The van der Waals surface area contributed by atoms with E-state index in [0.29, 0.717) is 24.6 Å². The molecule has 1 amide bonds. The Morgan fingerprint density at radius 2 is 1.57 bits per heavy atom. The molecule has 220 valence electrons. The second-order valence-electron chi connectivity index (χ2n) is 10.6. The van der Waals surface area contributed by atoms with Gasteiger partial charge in [-0.1, -0.05) is 97.9 Å². The molecule has 5 rings (SSSR count). The Morgan fingerprint density at radius 3 is 2.14 bits per heavy atom. The second-order valence-corrected chi connectivity index (χ2v) is 11.2. The molecule has 1 N–H and O–H groups in total. The van der Waals surface area contributed by atoms with Crippen LogP contribution < -0.4 is 10.1 Å². The van der Waals surface area contributed by atoms with Gasteiger partial charge in [0.05, 0.1) is 19.1 Å². The fourth-order valence-corrected chi connectivity index (χ4v) is 5.54. The largest absolute Gasteiger partial charge is 0.493 e. The zero-order valence-corrected chi connectivity index (χ0v) is 25.3. The molecule has 0 spiro atoms. The van der Waals surface area contributed by atoms with Gasteiger partial charge in [0.2, 0.25) is 5.91 Å². The van der Waals surface area contributed by atoms with Crippen LogP contribution in [0.25, 0.3) is 10.8 Å². The molecule has 1 aliphatic rings. The first kappa shape index (κ1) is 30.9. The first-order chi connectivity index (χ1) is 20.3. The van der Waals surface area contributed by atoms with Crippen LogP contribution in [0, 0.1) is 0 Å². The van der Waals surface area contributed by atoms with Gasteiger partial charge in [-0.25, -0.2) is 0 Å². The molecule has 2 unspecified atom stereocenters. The smallest absolute Gasteiger partial charge is 0.311 e. The van der Waals surface area contributed by atoms with Crippen LogP contribution in [0.1, 0.15) is 62.4 Å². The summed E-state index contributed by atoms with van der Waals surface area (Å²) in [6.07, 6.45) is 0.619. The third-order valence-corrected chi connectivity index (χ3v) is 7.84. The van der Waals surface area contributed by atoms with Gasteiger partial charge in [-0.2, -0.15) is 12.8 Å². The summed E-state index contributed by atoms with van der Waals surface area (Å²) < 4.78 is 31.9. The van der Waals surface area contributed by atoms with Crippen LogP contribution in [0.5, 0.6) is 5.75 Å². The van der Waals surface area contributed by atoms with E-state index in [1.165, 1.54) is 16.3 Å². The lowest BCUT2D eigenvalue weighted by atomic mass is 9.97. The maximum absolute atomic E-state index is 12.8. The van der Waals surface area contributed by atoms with Gasteiger partial charge >= 0.3 is 10.5 Å². The molecule has 0 saturated carbocycles. The Labute approximate surface area is 250 Å². The molecule has 2 atom stereocenters. The summed E-state index contributed by atoms with van der Waals surface area (Å²) in [6, 6.07) is 31.4. The summed E-state index contributed by atoms with van der Waals surface area (Å²) in [5.41, 5.74) is 2.81. The van der Waals surface area contributed by atoms with Gasteiger partial charge in [0.25, 0.3) is 0 Å². The highest BCUT2D eigenvalue weighted by atomic mass is 32.2. The minimum Gasteiger partial charge on any atom is -0.493 e. The van der Waals surface area contributed by atoms with Crippen molar-refractivity contribution in [3.8, 4) is 5.75 Å². The number of rotatable bonds is 9. The molecular formula is C34H39N3O4S. The van der Waals surface area contributed by atoms with Crippen LogP contribution in [0.4, 0.5) is 0 Å². The Morgan fingerprint density at radius 1 is 0.952 bits per heavy atom. The highest BCUT2D eigenvalue weighted by Gasteiger charge is 2.25. The van der Waals surface area contributed by atoms with Gasteiger partial charge in [-0.15, -0.1) is 0 Å². The third-order valence-electron chi connectivity index (χ3n) is 7.41. The van der Waals surface area contributed by atoms with Crippen molar-refractivity contribution >= 4 is 27.2 Å². The summed E-state index contributed by atoms with van der Waals surface area (Å²) in [5.74, 6) is 0.552. The van der Waals surface area contributed by atoms with Crippen LogP contribution in [-0.4, -0.2) is 38.4 Å². The quantitative estimate of drug-likeness (QED) is 0.231. The molecule has 0 saturated heterocycles. The zero-order valence-electron chi connectivity index (χ0n) is 24.4. The fraction of sp³-hybridized carbons (Fsp3) is 0.324. The predicted octanol–water partition coefficient (Wildman–Crippen LogP) is 6.89. The molecule has 4 aromatic rings. The minimum absolute atomic E-state index is 0.0391. The van der Waals surface area contributed by atoms with Crippen molar-refractivity contribution in [1.29, 1.82) is 0 Å². The van der Waals surface area contributed by atoms with E-state index in [2.05, 4.69) is 96.0 Å². The van der Waals surface area contributed by atoms with Crippen molar-refractivity contribution in [2.45, 2.75) is 58.3 Å². The lowest BCUT2D eigenvalue weighted by Gasteiger charge is -2.29. The summed E-state index contributed by atoms with van der Waals surface area (Å²) in [6.45, 7) is 8.84. The van der Waals surface area contributed by atoms with Gasteiger partial charge in [0.1, 0.15) is 11.8 Å². The van der Waals surface area contributed by atoms with E-state index in [9.17, 15) is 13.2 Å². The van der Waals surface area contributed by atoms with Crippen molar-refractivity contribution in [2.24, 2.45) is 4.36 Å². The van der Waals surface area contributed by atoms with Crippen molar-refractivity contribution in [1.82, 2.24) is 10.2 Å².